The fourth-order valence-corrected chi connectivity index (χ4v) is 3.25. The van der Waals surface area contributed by atoms with Gasteiger partial charge in [-0.2, -0.15) is 0 Å². The van der Waals surface area contributed by atoms with Crippen LogP contribution < -0.4 is 15.2 Å². The number of carbonyl (C=O) groups is 1. The number of ether oxygens (including phenoxy) is 1. The lowest BCUT2D eigenvalue weighted by atomic mass is 10.0. The molecule has 7 heteroatoms. The van der Waals surface area contributed by atoms with Gasteiger partial charge in [0, 0.05) is 43.7 Å². The van der Waals surface area contributed by atoms with Gasteiger partial charge in [-0.05, 0) is 30.2 Å². The number of aromatic amines is 1. The molecule has 2 aromatic heterocycles. The normalized spacial score (nSPS) is 13.8. The highest BCUT2D eigenvalue weighted by molar-refractivity contribution is 5.88. The van der Waals surface area contributed by atoms with Crippen molar-refractivity contribution in [2.24, 2.45) is 0 Å². The third-order valence-corrected chi connectivity index (χ3v) is 4.72. The van der Waals surface area contributed by atoms with Crippen molar-refractivity contribution in [3.63, 3.8) is 0 Å². The summed E-state index contributed by atoms with van der Waals surface area (Å²) in [5, 5.41) is 0. The summed E-state index contributed by atoms with van der Waals surface area (Å²) in [6.07, 6.45) is 5.59. The van der Waals surface area contributed by atoms with Crippen LogP contribution in [0.1, 0.15) is 13.3 Å². The van der Waals surface area contributed by atoms with E-state index in [0.29, 0.717) is 24.7 Å². The van der Waals surface area contributed by atoms with E-state index in [4.69, 9.17) is 4.74 Å². The van der Waals surface area contributed by atoms with Crippen molar-refractivity contribution in [3.8, 4) is 17.0 Å². The highest BCUT2D eigenvalue weighted by Crippen LogP contribution is 2.26. The molecule has 1 aliphatic rings. The molecular weight excluding hydrogens is 344 g/mol. The second-order valence-corrected chi connectivity index (χ2v) is 6.48. The number of hydrogen-bond donors (Lipinski definition) is 1. The molecule has 0 aromatic carbocycles. The van der Waals surface area contributed by atoms with E-state index in [2.05, 4.69) is 28.4 Å². The summed E-state index contributed by atoms with van der Waals surface area (Å²) in [7, 11) is 1.57. The van der Waals surface area contributed by atoms with Crippen LogP contribution in [0.2, 0.25) is 0 Å². The number of anilines is 1. The van der Waals surface area contributed by atoms with E-state index in [0.717, 1.165) is 24.1 Å². The molecule has 0 aliphatic carbocycles. The zero-order chi connectivity index (χ0) is 19.4. The molecular formula is C20H24N4O3. The fourth-order valence-electron chi connectivity index (χ4n) is 3.25. The molecule has 1 amide bonds. The summed E-state index contributed by atoms with van der Waals surface area (Å²) < 4.78 is 5.19. The first-order valence-electron chi connectivity index (χ1n) is 8.98. The number of nitrogens with one attached hydrogen (secondary N) is 1. The Balaban J connectivity index is 1.90. The van der Waals surface area contributed by atoms with E-state index in [-0.39, 0.29) is 17.5 Å². The van der Waals surface area contributed by atoms with E-state index in [1.54, 1.807) is 24.4 Å². The van der Waals surface area contributed by atoms with Crippen LogP contribution in [0.4, 0.5) is 5.69 Å². The molecule has 27 heavy (non-hydrogen) atoms. The number of H-pyrrole nitrogens is 1. The van der Waals surface area contributed by atoms with Crippen LogP contribution in [0, 0.1) is 0 Å². The molecule has 3 heterocycles. The first kappa shape index (κ1) is 18.7. The minimum absolute atomic E-state index is 0.0748. The third-order valence-electron chi connectivity index (χ3n) is 4.72. The van der Waals surface area contributed by atoms with Gasteiger partial charge >= 0.3 is 0 Å². The van der Waals surface area contributed by atoms with E-state index < -0.39 is 0 Å². The van der Waals surface area contributed by atoms with Crippen molar-refractivity contribution in [2.75, 3.05) is 31.6 Å². The molecule has 0 spiro atoms. The van der Waals surface area contributed by atoms with Gasteiger partial charge in [0.25, 0.3) is 5.56 Å². The van der Waals surface area contributed by atoms with E-state index in [1.165, 1.54) is 6.08 Å². The number of likely N-dealkylation sites (tertiary alicyclic amines) is 1. The van der Waals surface area contributed by atoms with Gasteiger partial charge in [0.05, 0.1) is 13.2 Å². The SMILES string of the molecule is C=CC(=O)N1CC(N(CCC)c2cc(-c3ccnc(OC)c3)c[nH]c2=O)C1. The minimum atomic E-state index is -0.137. The number of methoxy groups -OCH3 is 1. The van der Waals surface area contributed by atoms with Gasteiger partial charge < -0.3 is 19.5 Å². The Morgan fingerprint density at radius 3 is 2.89 bits per heavy atom. The zero-order valence-electron chi connectivity index (χ0n) is 15.6. The predicted molar refractivity (Wildman–Crippen MR) is 105 cm³/mol. The summed E-state index contributed by atoms with van der Waals surface area (Å²) in [4.78, 5) is 35.0. The van der Waals surface area contributed by atoms with Gasteiger partial charge in [-0.1, -0.05) is 13.5 Å². The summed E-state index contributed by atoms with van der Waals surface area (Å²) in [6.45, 7) is 7.53. The molecule has 0 bridgehead atoms. The highest BCUT2D eigenvalue weighted by Gasteiger charge is 2.34. The Kier molecular flexibility index (Phi) is 5.59. The zero-order valence-corrected chi connectivity index (χ0v) is 15.6. The van der Waals surface area contributed by atoms with Crippen molar-refractivity contribution in [1.82, 2.24) is 14.9 Å². The third kappa shape index (κ3) is 3.86. The maximum atomic E-state index is 12.5. The molecule has 3 rings (SSSR count). The molecule has 142 valence electrons. The Morgan fingerprint density at radius 2 is 2.22 bits per heavy atom. The molecule has 0 radical (unpaired) electrons. The lowest BCUT2D eigenvalue weighted by Gasteiger charge is -2.45. The van der Waals surface area contributed by atoms with Gasteiger partial charge in [-0.25, -0.2) is 4.98 Å². The van der Waals surface area contributed by atoms with Crippen LogP contribution in [0.3, 0.4) is 0 Å². The molecule has 7 nitrogen and oxygen atoms in total. The molecule has 1 fully saturated rings. The Labute approximate surface area is 158 Å². The largest absolute Gasteiger partial charge is 0.481 e. The lowest BCUT2D eigenvalue weighted by molar-refractivity contribution is -0.130. The maximum absolute atomic E-state index is 12.5. The van der Waals surface area contributed by atoms with Crippen molar-refractivity contribution in [2.45, 2.75) is 19.4 Å². The van der Waals surface area contributed by atoms with E-state index in [9.17, 15) is 9.59 Å². The van der Waals surface area contributed by atoms with Crippen molar-refractivity contribution < 1.29 is 9.53 Å². The van der Waals surface area contributed by atoms with Crippen molar-refractivity contribution in [1.29, 1.82) is 0 Å². The van der Waals surface area contributed by atoms with Crippen LogP contribution in [-0.4, -0.2) is 53.6 Å². The Hall–Kier alpha value is -3.09. The number of nitrogens with zero attached hydrogens (tertiary/aromatic N) is 3. The summed E-state index contributed by atoms with van der Waals surface area (Å²) in [5.41, 5.74) is 2.26. The first-order valence-corrected chi connectivity index (χ1v) is 8.98. The average Bonchev–Trinajstić information content (AvgIpc) is 2.66. The molecule has 2 aromatic rings. The molecule has 0 saturated carbocycles. The molecule has 0 unspecified atom stereocenters. The Morgan fingerprint density at radius 1 is 1.44 bits per heavy atom. The number of amides is 1. The van der Waals surface area contributed by atoms with E-state index in [1.807, 2.05) is 18.2 Å². The van der Waals surface area contributed by atoms with Gasteiger partial charge in [0.2, 0.25) is 11.8 Å². The van der Waals surface area contributed by atoms with Crippen molar-refractivity contribution >= 4 is 11.6 Å². The highest BCUT2D eigenvalue weighted by atomic mass is 16.5. The summed E-state index contributed by atoms with van der Waals surface area (Å²) in [5.74, 6) is 0.442. The van der Waals surface area contributed by atoms with Crippen LogP contribution in [0.25, 0.3) is 11.1 Å². The molecule has 0 atom stereocenters. The second kappa shape index (κ2) is 8.07. The maximum Gasteiger partial charge on any atom is 0.271 e. The second-order valence-electron chi connectivity index (χ2n) is 6.48. The number of aromatic nitrogens is 2. The van der Waals surface area contributed by atoms with Crippen LogP contribution in [0.15, 0.2) is 48.0 Å². The average molecular weight is 368 g/mol. The number of pyridine rings is 2. The standard InChI is InChI=1S/C20H24N4O3/c1-4-8-24(16-12-23(13-16)19(25)5-2)17-9-15(11-22-20(17)26)14-6-7-21-18(10-14)27-3/h5-7,9-11,16H,2,4,8,12-13H2,1,3H3,(H,22,26). The van der Waals surface area contributed by atoms with Gasteiger partial charge in [0.15, 0.2) is 0 Å². The van der Waals surface area contributed by atoms with Crippen LogP contribution in [-0.2, 0) is 4.79 Å². The quantitative estimate of drug-likeness (QED) is 0.757. The molecule has 1 N–H and O–H groups in total. The number of hydrogen-bond acceptors (Lipinski definition) is 5. The summed E-state index contributed by atoms with van der Waals surface area (Å²) >= 11 is 0. The fraction of sp³-hybridized carbons (Fsp3) is 0.350. The van der Waals surface area contributed by atoms with Gasteiger partial charge in [0.1, 0.15) is 5.69 Å². The monoisotopic (exact) mass is 368 g/mol. The number of rotatable bonds is 7. The first-order chi connectivity index (χ1) is 13.1. The number of carbonyl (C=O) groups excluding carboxylic acids is 1. The van der Waals surface area contributed by atoms with Crippen LogP contribution in [0.5, 0.6) is 5.88 Å². The summed E-state index contributed by atoms with van der Waals surface area (Å²) in [6, 6.07) is 5.71. The lowest BCUT2D eigenvalue weighted by Crippen LogP contribution is -2.61. The van der Waals surface area contributed by atoms with E-state index >= 15 is 0 Å². The Bertz CT molecular complexity index is 887. The smallest absolute Gasteiger partial charge is 0.271 e. The van der Waals surface area contributed by atoms with Crippen LogP contribution >= 0.6 is 0 Å². The minimum Gasteiger partial charge on any atom is -0.481 e. The topological polar surface area (TPSA) is 78.5 Å². The van der Waals surface area contributed by atoms with Gasteiger partial charge in [-0.3, -0.25) is 9.59 Å². The molecule has 1 saturated heterocycles. The predicted octanol–water partition coefficient (Wildman–Crippen LogP) is 2.06. The van der Waals surface area contributed by atoms with Gasteiger partial charge in [-0.15, -0.1) is 0 Å². The van der Waals surface area contributed by atoms with Crippen molar-refractivity contribution in [3.05, 3.63) is 53.6 Å². The molecule has 1 aliphatic heterocycles.